The number of benzene rings is 7. The predicted molar refractivity (Wildman–Crippen MR) is 262 cm³/mol. The molecule has 1 aliphatic heterocycles. The van der Waals surface area contributed by atoms with E-state index >= 15 is 0 Å². The van der Waals surface area contributed by atoms with E-state index in [1.807, 2.05) is 0 Å². The highest BCUT2D eigenvalue weighted by molar-refractivity contribution is 6.22. The third-order valence-corrected chi connectivity index (χ3v) is 15.0. The largest absolute Gasteiger partial charge is 0.485 e. The normalized spacial score (nSPS) is 21.1. The van der Waals surface area contributed by atoms with E-state index in [-0.39, 0.29) is 17.4 Å². The number of allylic oxidation sites excluding steroid dienone is 3. The molecule has 1 saturated carbocycles. The number of ether oxygens (including phenoxy) is 1. The van der Waals surface area contributed by atoms with Gasteiger partial charge in [0.25, 0.3) is 0 Å². The molecule has 0 N–H and O–H groups in total. The van der Waals surface area contributed by atoms with Crippen LogP contribution in [0.15, 0.2) is 183 Å². The molecule has 10 aromatic rings. The first-order valence-corrected chi connectivity index (χ1v) is 22.9. The molecule has 4 atom stereocenters. The van der Waals surface area contributed by atoms with Crippen molar-refractivity contribution in [2.24, 2.45) is 5.92 Å². The maximum atomic E-state index is 6.90. The SMILES string of the molecule is C1=CC2Oc3ccc(-c4ccc5oc6c(-c7ccccc7)c7oc8ccc(C9%10C=c%11c%12c(oc%11=CC9C%10)CCC(c9ccccc9)=C%12)cc8c7cc6c5c4)cc3C2C=C1c1ccccc1. The smallest absolute Gasteiger partial charge is 0.147 e. The lowest BCUT2D eigenvalue weighted by Crippen LogP contribution is -2.29. The maximum absolute atomic E-state index is 6.90. The molecule has 3 aromatic heterocycles. The van der Waals surface area contributed by atoms with Crippen LogP contribution >= 0.6 is 0 Å². The maximum Gasteiger partial charge on any atom is 0.147 e. The van der Waals surface area contributed by atoms with Gasteiger partial charge in [0, 0.05) is 55.6 Å². The van der Waals surface area contributed by atoms with E-state index in [9.17, 15) is 0 Å². The Labute approximate surface area is 374 Å². The van der Waals surface area contributed by atoms with E-state index in [4.69, 9.17) is 18.0 Å². The third kappa shape index (κ3) is 5.25. The van der Waals surface area contributed by atoms with Crippen molar-refractivity contribution in [3.05, 3.63) is 214 Å². The Morgan fingerprint density at radius 2 is 1.25 bits per heavy atom. The number of rotatable bonds is 5. The molecule has 0 spiro atoms. The monoisotopic (exact) mass is 836 g/mol. The van der Waals surface area contributed by atoms with Gasteiger partial charge in [-0.3, -0.25) is 0 Å². The second kappa shape index (κ2) is 13.1. The van der Waals surface area contributed by atoms with Crippen LogP contribution in [0, 0.1) is 5.92 Å². The number of furan rings is 3. The van der Waals surface area contributed by atoms with Crippen LogP contribution < -0.4 is 15.4 Å². The van der Waals surface area contributed by atoms with Gasteiger partial charge in [-0.25, -0.2) is 0 Å². The fraction of sp³-hybridized carbons (Fsp3) is 0.115. The summed E-state index contributed by atoms with van der Waals surface area (Å²) in [4.78, 5) is 0. The number of aryl methyl sites for hydroxylation is 1. The van der Waals surface area contributed by atoms with Crippen LogP contribution in [-0.2, 0) is 11.8 Å². The summed E-state index contributed by atoms with van der Waals surface area (Å²) in [5, 5.41) is 5.62. The number of hydrogen-bond acceptors (Lipinski definition) is 4. The summed E-state index contributed by atoms with van der Waals surface area (Å²) in [6, 6.07) is 54.4. The van der Waals surface area contributed by atoms with Crippen LogP contribution in [0.25, 0.3) is 95.5 Å². The van der Waals surface area contributed by atoms with Crippen molar-refractivity contribution < 1.29 is 18.0 Å². The number of fused-ring (bicyclic) bond motifs is 13. The highest BCUT2D eigenvalue weighted by Crippen LogP contribution is 2.58. The predicted octanol–water partition coefficient (Wildman–Crippen LogP) is 13.9. The molecular formula is C61H40O4. The first kappa shape index (κ1) is 35.6. The van der Waals surface area contributed by atoms with Crippen LogP contribution in [0.2, 0.25) is 0 Å². The molecule has 4 unspecified atom stereocenters. The molecule has 0 bridgehead atoms. The zero-order valence-corrected chi connectivity index (χ0v) is 35.4. The summed E-state index contributed by atoms with van der Waals surface area (Å²) in [6.07, 6.45) is 17.0. The molecule has 0 radical (unpaired) electrons. The van der Waals surface area contributed by atoms with Gasteiger partial charge in [0.1, 0.15) is 45.4 Å². The van der Waals surface area contributed by atoms with Crippen molar-refractivity contribution in [3.8, 4) is 28.0 Å². The Kier molecular flexibility index (Phi) is 7.19. The van der Waals surface area contributed by atoms with Crippen molar-refractivity contribution in [1.29, 1.82) is 0 Å². The number of hydrogen-bond donors (Lipinski definition) is 0. The third-order valence-electron chi connectivity index (χ3n) is 15.0. The van der Waals surface area contributed by atoms with Crippen molar-refractivity contribution >= 4 is 73.3 Å². The lowest BCUT2D eigenvalue weighted by molar-refractivity contribution is 0.269. The Bertz CT molecular complexity index is 3890. The molecule has 65 heavy (non-hydrogen) atoms. The lowest BCUT2D eigenvalue weighted by atomic mass is 9.86. The van der Waals surface area contributed by atoms with Crippen LogP contribution in [0.1, 0.15) is 52.3 Å². The first-order chi connectivity index (χ1) is 32.1. The van der Waals surface area contributed by atoms with Gasteiger partial charge in [-0.1, -0.05) is 127 Å². The quantitative estimate of drug-likeness (QED) is 0.173. The summed E-state index contributed by atoms with van der Waals surface area (Å²) in [5.41, 5.74) is 17.6. The Morgan fingerprint density at radius 3 is 2.03 bits per heavy atom. The molecule has 5 aliphatic rings. The molecule has 0 amide bonds. The zero-order chi connectivity index (χ0) is 42.4. The van der Waals surface area contributed by atoms with Crippen LogP contribution in [0.3, 0.4) is 0 Å². The standard InChI is InChI=1S/C61H40O4/c1-4-10-35(11-5-1)38-16-21-52-44(26-38)45-28-40(18-23-53(45)62-52)41-19-24-55-46(29-41)49-32-50-48-30-42(20-25-56(48)65-60(50)58(59(49)64-55)37-14-8-3-9-15-37)61-33-43(61)31-57-51(34-61)47-27-39(17-22-54(47)63-57)36-12-6-2-7-13-36/h1-16,18-21,23-32,34,43-44,52H,17,22,33H2. The minimum atomic E-state index is -0.0854. The minimum Gasteiger partial charge on any atom is -0.485 e. The lowest BCUT2D eigenvalue weighted by Gasteiger charge is -2.18. The average Bonchev–Trinajstić information content (AvgIpc) is 3.63. The van der Waals surface area contributed by atoms with Crippen LogP contribution in [0.5, 0.6) is 5.75 Å². The minimum absolute atomic E-state index is 0.00428. The van der Waals surface area contributed by atoms with E-state index in [0.717, 1.165) is 102 Å². The molecule has 4 nitrogen and oxygen atoms in total. The summed E-state index contributed by atoms with van der Waals surface area (Å²) in [7, 11) is 0. The van der Waals surface area contributed by atoms with Gasteiger partial charge in [0.15, 0.2) is 0 Å². The molecule has 0 saturated heterocycles. The molecule has 4 heterocycles. The van der Waals surface area contributed by atoms with Gasteiger partial charge in [-0.05, 0) is 124 Å². The summed E-state index contributed by atoms with van der Waals surface area (Å²) in [5.74, 6) is 2.61. The molecule has 308 valence electrons. The van der Waals surface area contributed by atoms with Gasteiger partial charge in [-0.2, -0.15) is 0 Å². The molecule has 4 aliphatic carbocycles. The first-order valence-electron chi connectivity index (χ1n) is 22.9. The second-order valence-electron chi connectivity index (χ2n) is 18.6. The molecular weight excluding hydrogens is 797 g/mol. The zero-order valence-electron chi connectivity index (χ0n) is 35.4. The van der Waals surface area contributed by atoms with Crippen molar-refractivity contribution in [1.82, 2.24) is 0 Å². The summed E-state index contributed by atoms with van der Waals surface area (Å²) in [6.45, 7) is 0. The van der Waals surface area contributed by atoms with Gasteiger partial charge in [0.05, 0.1) is 5.56 Å². The molecule has 4 heteroatoms. The topological polar surface area (TPSA) is 48.7 Å². The average molecular weight is 837 g/mol. The summed E-state index contributed by atoms with van der Waals surface area (Å²) < 4.78 is 26.8. The fourth-order valence-electron chi connectivity index (χ4n) is 11.6. The van der Waals surface area contributed by atoms with Crippen molar-refractivity contribution in [3.63, 3.8) is 0 Å². The fourth-order valence-corrected chi connectivity index (χ4v) is 11.6. The summed E-state index contributed by atoms with van der Waals surface area (Å²) >= 11 is 0. The van der Waals surface area contributed by atoms with E-state index in [1.54, 1.807) is 0 Å². The Morgan fingerprint density at radius 1 is 0.554 bits per heavy atom. The highest BCUT2D eigenvalue weighted by atomic mass is 16.5. The van der Waals surface area contributed by atoms with Gasteiger partial charge in [-0.15, -0.1) is 0 Å². The molecule has 7 aromatic carbocycles. The highest BCUT2D eigenvalue weighted by Gasteiger charge is 2.54. The van der Waals surface area contributed by atoms with Gasteiger partial charge < -0.3 is 18.0 Å². The van der Waals surface area contributed by atoms with Crippen molar-refractivity contribution in [2.45, 2.75) is 36.7 Å². The van der Waals surface area contributed by atoms with Crippen molar-refractivity contribution in [2.75, 3.05) is 0 Å². The van der Waals surface area contributed by atoms with E-state index in [0.29, 0.717) is 5.92 Å². The van der Waals surface area contributed by atoms with Crippen LogP contribution in [0.4, 0.5) is 0 Å². The molecule has 15 rings (SSSR count). The Hall–Kier alpha value is -7.82. The van der Waals surface area contributed by atoms with E-state index in [1.165, 1.54) is 44.2 Å². The van der Waals surface area contributed by atoms with E-state index in [2.05, 4.69) is 188 Å². The Balaban J connectivity index is 0.869. The second-order valence-corrected chi connectivity index (χ2v) is 18.6. The van der Waals surface area contributed by atoms with Crippen LogP contribution in [-0.4, -0.2) is 6.10 Å². The molecule has 1 fully saturated rings. The van der Waals surface area contributed by atoms with Gasteiger partial charge in [0.2, 0.25) is 0 Å². The van der Waals surface area contributed by atoms with E-state index < -0.39 is 0 Å². The van der Waals surface area contributed by atoms with Gasteiger partial charge >= 0.3 is 0 Å².